The lowest BCUT2D eigenvalue weighted by atomic mass is 9.96. The van der Waals surface area contributed by atoms with Gasteiger partial charge < -0.3 is 10.1 Å². The van der Waals surface area contributed by atoms with Gasteiger partial charge in [-0.2, -0.15) is 0 Å². The standard InChI is InChI=1S/C26H28N4O3/c1-15-6-8-18(9-7-15)24(19-10-12-20(33-5)13-11-19)28-22(31)14-21-16(2)23-25(27-17(21)3)30(4)29-26(23)32/h6-13,24H,14H2,1-5H3,(H,28,31)(H,29,32). The molecule has 0 aliphatic heterocycles. The monoisotopic (exact) mass is 444 g/mol. The number of aromatic amines is 1. The highest BCUT2D eigenvalue weighted by atomic mass is 16.5. The Morgan fingerprint density at radius 2 is 1.67 bits per heavy atom. The molecule has 0 spiro atoms. The molecule has 0 saturated heterocycles. The molecule has 2 aromatic carbocycles. The van der Waals surface area contributed by atoms with Crippen LogP contribution in [0.4, 0.5) is 0 Å². The fourth-order valence-electron chi connectivity index (χ4n) is 4.20. The van der Waals surface area contributed by atoms with E-state index < -0.39 is 0 Å². The Kier molecular flexibility index (Phi) is 6.05. The van der Waals surface area contributed by atoms with Crippen LogP contribution in [-0.4, -0.2) is 27.8 Å². The number of H-pyrrole nitrogens is 1. The first-order valence-corrected chi connectivity index (χ1v) is 10.8. The maximum absolute atomic E-state index is 13.2. The SMILES string of the molecule is COc1ccc(C(NC(=O)Cc2c(C)nc3c(c2C)c(=O)[nH]n3C)c2ccc(C)cc2)cc1. The second-order valence-corrected chi connectivity index (χ2v) is 8.36. The number of fused-ring (bicyclic) bond motifs is 1. The molecule has 1 atom stereocenters. The Hall–Kier alpha value is -3.87. The zero-order chi connectivity index (χ0) is 23.7. The van der Waals surface area contributed by atoms with Crippen LogP contribution in [0.25, 0.3) is 11.0 Å². The van der Waals surface area contributed by atoms with Gasteiger partial charge >= 0.3 is 0 Å². The number of pyridine rings is 1. The van der Waals surface area contributed by atoms with Crippen molar-refractivity contribution in [1.29, 1.82) is 0 Å². The van der Waals surface area contributed by atoms with Crippen molar-refractivity contribution in [2.45, 2.75) is 33.2 Å². The van der Waals surface area contributed by atoms with Crippen LogP contribution in [0.15, 0.2) is 53.3 Å². The number of aromatic nitrogens is 3. The molecule has 0 saturated carbocycles. The number of ether oxygens (including phenoxy) is 1. The summed E-state index contributed by atoms with van der Waals surface area (Å²) in [5.74, 6) is 0.613. The molecule has 0 aliphatic carbocycles. The average molecular weight is 445 g/mol. The molecule has 170 valence electrons. The molecular formula is C26H28N4O3. The van der Waals surface area contributed by atoms with E-state index >= 15 is 0 Å². The summed E-state index contributed by atoms with van der Waals surface area (Å²) in [5.41, 5.74) is 5.78. The molecule has 7 heteroatoms. The highest BCUT2D eigenvalue weighted by Gasteiger charge is 2.21. The number of nitrogens with one attached hydrogen (secondary N) is 2. The number of hydrogen-bond acceptors (Lipinski definition) is 4. The summed E-state index contributed by atoms with van der Waals surface area (Å²) in [4.78, 5) is 30.2. The minimum atomic E-state index is -0.318. The van der Waals surface area contributed by atoms with Gasteiger partial charge in [0.25, 0.3) is 5.56 Å². The zero-order valence-electron chi connectivity index (χ0n) is 19.5. The fraction of sp³-hybridized carbons (Fsp3) is 0.269. The molecule has 0 fully saturated rings. The zero-order valence-corrected chi connectivity index (χ0v) is 19.5. The van der Waals surface area contributed by atoms with E-state index in [1.165, 1.54) is 0 Å². The Labute approximate surface area is 192 Å². The van der Waals surface area contributed by atoms with Gasteiger partial charge in [0.2, 0.25) is 5.91 Å². The topological polar surface area (TPSA) is 89.0 Å². The molecule has 0 radical (unpaired) electrons. The second kappa shape index (κ2) is 8.94. The number of aryl methyl sites for hydroxylation is 4. The molecule has 2 heterocycles. The van der Waals surface area contributed by atoms with E-state index in [1.807, 2.05) is 69.3 Å². The summed E-state index contributed by atoms with van der Waals surface area (Å²) in [6, 6.07) is 15.5. The molecule has 2 aromatic heterocycles. The number of amides is 1. The molecule has 0 aliphatic rings. The number of carbonyl (C=O) groups is 1. The van der Waals surface area contributed by atoms with Gasteiger partial charge in [-0.25, -0.2) is 4.98 Å². The van der Waals surface area contributed by atoms with E-state index in [1.54, 1.807) is 18.8 Å². The lowest BCUT2D eigenvalue weighted by molar-refractivity contribution is -0.121. The third-order valence-electron chi connectivity index (χ3n) is 6.08. The van der Waals surface area contributed by atoms with Crippen LogP contribution in [-0.2, 0) is 18.3 Å². The van der Waals surface area contributed by atoms with Crippen LogP contribution in [0, 0.1) is 20.8 Å². The third kappa shape index (κ3) is 4.39. The predicted molar refractivity (Wildman–Crippen MR) is 129 cm³/mol. The Morgan fingerprint density at radius 3 is 2.27 bits per heavy atom. The molecular weight excluding hydrogens is 416 g/mol. The van der Waals surface area contributed by atoms with E-state index in [0.29, 0.717) is 11.0 Å². The van der Waals surface area contributed by atoms with E-state index in [-0.39, 0.29) is 23.9 Å². The third-order valence-corrected chi connectivity index (χ3v) is 6.08. The van der Waals surface area contributed by atoms with Crippen molar-refractivity contribution in [1.82, 2.24) is 20.1 Å². The Bertz CT molecular complexity index is 1370. The van der Waals surface area contributed by atoms with Crippen LogP contribution in [0.2, 0.25) is 0 Å². The molecule has 2 N–H and O–H groups in total. The first-order valence-electron chi connectivity index (χ1n) is 10.8. The van der Waals surface area contributed by atoms with E-state index in [2.05, 4.69) is 15.4 Å². The number of nitrogens with zero attached hydrogens (tertiary/aromatic N) is 2. The van der Waals surface area contributed by atoms with Crippen molar-refractivity contribution in [2.75, 3.05) is 7.11 Å². The largest absolute Gasteiger partial charge is 0.497 e. The van der Waals surface area contributed by atoms with Crippen molar-refractivity contribution < 1.29 is 9.53 Å². The minimum Gasteiger partial charge on any atom is -0.497 e. The lowest BCUT2D eigenvalue weighted by Crippen LogP contribution is -2.31. The number of rotatable bonds is 6. The van der Waals surface area contributed by atoms with E-state index in [4.69, 9.17) is 4.74 Å². The number of benzene rings is 2. The minimum absolute atomic E-state index is 0.132. The van der Waals surface area contributed by atoms with Gasteiger partial charge in [-0.05, 0) is 55.2 Å². The van der Waals surface area contributed by atoms with Crippen LogP contribution >= 0.6 is 0 Å². The maximum Gasteiger partial charge on any atom is 0.273 e. The van der Waals surface area contributed by atoms with Crippen molar-refractivity contribution in [3.63, 3.8) is 0 Å². The average Bonchev–Trinajstić information content (AvgIpc) is 3.08. The predicted octanol–water partition coefficient (Wildman–Crippen LogP) is 3.64. The Balaban J connectivity index is 1.67. The second-order valence-electron chi connectivity index (χ2n) is 8.36. The van der Waals surface area contributed by atoms with Crippen LogP contribution in [0.3, 0.4) is 0 Å². The molecule has 1 amide bonds. The molecule has 0 bridgehead atoms. The number of methoxy groups -OCH3 is 1. The normalized spacial score (nSPS) is 12.0. The van der Waals surface area contributed by atoms with Gasteiger partial charge in [-0.1, -0.05) is 42.0 Å². The first kappa shape index (κ1) is 22.3. The summed E-state index contributed by atoms with van der Waals surface area (Å²) in [7, 11) is 3.38. The van der Waals surface area contributed by atoms with E-state index in [9.17, 15) is 9.59 Å². The van der Waals surface area contributed by atoms with Crippen molar-refractivity contribution in [3.05, 3.63) is 92.4 Å². The van der Waals surface area contributed by atoms with Gasteiger partial charge in [0.1, 0.15) is 5.75 Å². The van der Waals surface area contributed by atoms with Gasteiger partial charge in [0.15, 0.2) is 5.65 Å². The number of carbonyl (C=O) groups excluding carboxylic acids is 1. The summed E-state index contributed by atoms with van der Waals surface area (Å²) >= 11 is 0. The number of hydrogen-bond donors (Lipinski definition) is 2. The van der Waals surface area contributed by atoms with Gasteiger partial charge in [0.05, 0.1) is 25.0 Å². The molecule has 4 aromatic rings. The molecule has 4 rings (SSSR count). The van der Waals surface area contributed by atoms with Crippen molar-refractivity contribution >= 4 is 16.9 Å². The van der Waals surface area contributed by atoms with Crippen LogP contribution in [0.1, 0.15) is 39.6 Å². The smallest absolute Gasteiger partial charge is 0.273 e. The van der Waals surface area contributed by atoms with Crippen LogP contribution in [0.5, 0.6) is 5.75 Å². The summed E-state index contributed by atoms with van der Waals surface area (Å²) in [6.07, 6.45) is 0.132. The molecule has 1 unspecified atom stereocenters. The fourth-order valence-corrected chi connectivity index (χ4v) is 4.20. The van der Waals surface area contributed by atoms with E-state index in [0.717, 1.165) is 39.3 Å². The Morgan fingerprint density at radius 1 is 1.06 bits per heavy atom. The first-order chi connectivity index (χ1) is 15.8. The summed E-state index contributed by atoms with van der Waals surface area (Å²) in [5, 5.41) is 6.44. The highest BCUT2D eigenvalue weighted by Crippen LogP contribution is 2.26. The maximum atomic E-state index is 13.2. The lowest BCUT2D eigenvalue weighted by Gasteiger charge is -2.21. The highest BCUT2D eigenvalue weighted by molar-refractivity contribution is 5.85. The van der Waals surface area contributed by atoms with Gasteiger partial charge in [-0.3, -0.25) is 19.4 Å². The van der Waals surface area contributed by atoms with Gasteiger partial charge in [-0.15, -0.1) is 0 Å². The summed E-state index contributed by atoms with van der Waals surface area (Å²) < 4.78 is 6.89. The van der Waals surface area contributed by atoms with Crippen LogP contribution < -0.4 is 15.6 Å². The quantitative estimate of drug-likeness (QED) is 0.475. The molecule has 7 nitrogen and oxygen atoms in total. The summed E-state index contributed by atoms with van der Waals surface area (Å²) in [6.45, 7) is 5.77. The van der Waals surface area contributed by atoms with Crippen molar-refractivity contribution in [3.8, 4) is 5.75 Å². The van der Waals surface area contributed by atoms with Crippen molar-refractivity contribution in [2.24, 2.45) is 7.05 Å². The molecule has 33 heavy (non-hydrogen) atoms. The van der Waals surface area contributed by atoms with Gasteiger partial charge in [0, 0.05) is 12.7 Å².